The van der Waals surface area contributed by atoms with Crippen LogP contribution >= 0.6 is 0 Å². The largest absolute Gasteiger partial charge is 0.384 e. The van der Waals surface area contributed by atoms with Crippen molar-refractivity contribution in [1.82, 2.24) is 0 Å². The van der Waals surface area contributed by atoms with E-state index in [1.807, 2.05) is 0 Å². The molecule has 1 aromatic carbocycles. The Labute approximate surface area is 84.3 Å². The summed E-state index contributed by atoms with van der Waals surface area (Å²) < 4.78 is 13.3. The SMILES string of the molecule is CCc1ccc2c(c1)C(C(C)F)CN2. The smallest absolute Gasteiger partial charge is 0.106 e. The number of aryl methyl sites for hydroxylation is 1. The van der Waals surface area contributed by atoms with Crippen LogP contribution in [-0.2, 0) is 6.42 Å². The van der Waals surface area contributed by atoms with Gasteiger partial charge in [0.25, 0.3) is 0 Å². The van der Waals surface area contributed by atoms with E-state index in [-0.39, 0.29) is 5.92 Å². The van der Waals surface area contributed by atoms with E-state index in [9.17, 15) is 4.39 Å². The van der Waals surface area contributed by atoms with Gasteiger partial charge in [-0.15, -0.1) is 0 Å². The van der Waals surface area contributed by atoms with Gasteiger partial charge in [-0.1, -0.05) is 19.1 Å². The van der Waals surface area contributed by atoms with Gasteiger partial charge < -0.3 is 5.32 Å². The third kappa shape index (κ3) is 1.49. The van der Waals surface area contributed by atoms with Crippen LogP contribution in [0.3, 0.4) is 0 Å². The van der Waals surface area contributed by atoms with Gasteiger partial charge in [0.1, 0.15) is 6.17 Å². The van der Waals surface area contributed by atoms with Crippen LogP contribution in [0.15, 0.2) is 18.2 Å². The second-order valence-electron chi connectivity index (χ2n) is 3.94. The highest BCUT2D eigenvalue weighted by molar-refractivity contribution is 5.59. The Bertz CT molecular complexity index is 333. The van der Waals surface area contributed by atoms with Crippen molar-refractivity contribution in [2.75, 3.05) is 11.9 Å². The Morgan fingerprint density at radius 3 is 3.00 bits per heavy atom. The van der Waals surface area contributed by atoms with Crippen molar-refractivity contribution in [2.24, 2.45) is 0 Å². The van der Waals surface area contributed by atoms with Gasteiger partial charge in [-0.05, 0) is 30.5 Å². The summed E-state index contributed by atoms with van der Waals surface area (Å²) in [5.74, 6) is 0.0384. The Morgan fingerprint density at radius 1 is 1.57 bits per heavy atom. The van der Waals surface area contributed by atoms with Gasteiger partial charge >= 0.3 is 0 Å². The van der Waals surface area contributed by atoms with Gasteiger partial charge in [-0.3, -0.25) is 0 Å². The van der Waals surface area contributed by atoms with E-state index < -0.39 is 6.17 Å². The third-order valence-corrected chi connectivity index (χ3v) is 2.99. The molecule has 1 N–H and O–H groups in total. The zero-order valence-corrected chi connectivity index (χ0v) is 8.68. The van der Waals surface area contributed by atoms with Crippen LogP contribution in [0.5, 0.6) is 0 Å². The number of rotatable bonds is 2. The Morgan fingerprint density at radius 2 is 2.36 bits per heavy atom. The minimum atomic E-state index is -0.768. The first-order chi connectivity index (χ1) is 6.72. The summed E-state index contributed by atoms with van der Waals surface area (Å²) in [4.78, 5) is 0. The molecule has 0 spiro atoms. The maximum Gasteiger partial charge on any atom is 0.106 e. The number of fused-ring (bicyclic) bond motifs is 1. The molecule has 0 saturated heterocycles. The summed E-state index contributed by atoms with van der Waals surface area (Å²) in [6.45, 7) is 4.50. The van der Waals surface area contributed by atoms with Crippen molar-refractivity contribution in [3.05, 3.63) is 29.3 Å². The van der Waals surface area contributed by atoms with Gasteiger partial charge in [-0.2, -0.15) is 0 Å². The zero-order chi connectivity index (χ0) is 10.1. The van der Waals surface area contributed by atoms with Crippen molar-refractivity contribution in [2.45, 2.75) is 32.4 Å². The van der Waals surface area contributed by atoms with Crippen LogP contribution in [0.2, 0.25) is 0 Å². The van der Waals surface area contributed by atoms with E-state index in [2.05, 4.69) is 30.4 Å². The lowest BCUT2D eigenvalue weighted by atomic mass is 9.95. The number of alkyl halides is 1. The minimum absolute atomic E-state index is 0.0384. The molecular formula is C12H16FN. The number of anilines is 1. The van der Waals surface area contributed by atoms with E-state index in [4.69, 9.17) is 0 Å². The fraction of sp³-hybridized carbons (Fsp3) is 0.500. The average molecular weight is 193 g/mol. The van der Waals surface area contributed by atoms with Crippen molar-refractivity contribution in [1.29, 1.82) is 0 Å². The molecule has 0 radical (unpaired) electrons. The van der Waals surface area contributed by atoms with E-state index in [0.29, 0.717) is 0 Å². The van der Waals surface area contributed by atoms with E-state index in [1.54, 1.807) is 6.92 Å². The predicted molar refractivity (Wildman–Crippen MR) is 57.6 cm³/mol. The maximum absolute atomic E-state index is 13.3. The van der Waals surface area contributed by atoms with Crippen molar-refractivity contribution >= 4 is 5.69 Å². The maximum atomic E-state index is 13.3. The molecule has 0 fully saturated rings. The molecule has 0 saturated carbocycles. The molecule has 1 aliphatic heterocycles. The molecule has 0 bridgehead atoms. The summed E-state index contributed by atoms with van der Waals surface area (Å²) in [6.07, 6.45) is 0.247. The molecule has 14 heavy (non-hydrogen) atoms. The van der Waals surface area contributed by atoms with E-state index in [1.165, 1.54) is 5.56 Å². The highest BCUT2D eigenvalue weighted by atomic mass is 19.1. The van der Waals surface area contributed by atoms with Crippen LogP contribution in [0.4, 0.5) is 10.1 Å². The number of hydrogen-bond acceptors (Lipinski definition) is 1. The summed E-state index contributed by atoms with van der Waals surface area (Å²) in [7, 11) is 0. The van der Waals surface area contributed by atoms with Crippen LogP contribution < -0.4 is 5.32 Å². The average Bonchev–Trinajstić information content (AvgIpc) is 2.59. The molecule has 0 amide bonds. The molecule has 2 atom stereocenters. The van der Waals surface area contributed by atoms with E-state index >= 15 is 0 Å². The summed E-state index contributed by atoms with van der Waals surface area (Å²) >= 11 is 0. The number of nitrogens with one attached hydrogen (secondary N) is 1. The Kier molecular flexibility index (Phi) is 2.44. The van der Waals surface area contributed by atoms with Crippen molar-refractivity contribution in [3.63, 3.8) is 0 Å². The predicted octanol–water partition coefficient (Wildman–Crippen LogP) is 3.12. The fourth-order valence-electron chi connectivity index (χ4n) is 2.04. The molecule has 2 unspecified atom stereocenters. The lowest BCUT2D eigenvalue weighted by Gasteiger charge is -2.11. The van der Waals surface area contributed by atoms with Gasteiger partial charge in [0, 0.05) is 18.2 Å². The first-order valence-electron chi connectivity index (χ1n) is 5.23. The molecule has 76 valence electrons. The first kappa shape index (κ1) is 9.50. The van der Waals surface area contributed by atoms with Gasteiger partial charge in [0.2, 0.25) is 0 Å². The van der Waals surface area contributed by atoms with Crippen LogP contribution in [0.1, 0.15) is 30.9 Å². The monoisotopic (exact) mass is 193 g/mol. The third-order valence-electron chi connectivity index (χ3n) is 2.99. The normalized spacial score (nSPS) is 21.5. The van der Waals surface area contributed by atoms with Gasteiger partial charge in [-0.25, -0.2) is 4.39 Å². The molecule has 1 aromatic rings. The van der Waals surface area contributed by atoms with Crippen LogP contribution in [0.25, 0.3) is 0 Å². The molecule has 1 heterocycles. The molecule has 1 nitrogen and oxygen atoms in total. The number of hydrogen-bond donors (Lipinski definition) is 1. The van der Waals surface area contributed by atoms with Gasteiger partial charge in [0.15, 0.2) is 0 Å². The lowest BCUT2D eigenvalue weighted by Crippen LogP contribution is -2.12. The molecular weight excluding hydrogens is 177 g/mol. The quantitative estimate of drug-likeness (QED) is 0.761. The molecule has 2 rings (SSSR count). The first-order valence-corrected chi connectivity index (χ1v) is 5.23. The molecule has 0 aromatic heterocycles. The molecule has 1 aliphatic rings. The molecule has 2 heteroatoms. The Hall–Kier alpha value is -1.05. The zero-order valence-electron chi connectivity index (χ0n) is 8.68. The highest BCUT2D eigenvalue weighted by Crippen LogP contribution is 2.35. The molecule has 0 aliphatic carbocycles. The van der Waals surface area contributed by atoms with Crippen molar-refractivity contribution in [3.8, 4) is 0 Å². The standard InChI is InChI=1S/C12H16FN/c1-3-9-4-5-12-10(6-9)11(7-14-12)8(2)13/h4-6,8,11,14H,3,7H2,1-2H3. The summed E-state index contributed by atoms with van der Waals surface area (Å²) in [5.41, 5.74) is 3.55. The summed E-state index contributed by atoms with van der Waals surface area (Å²) in [5, 5.41) is 3.24. The second kappa shape index (κ2) is 3.60. The van der Waals surface area contributed by atoms with E-state index in [0.717, 1.165) is 24.2 Å². The topological polar surface area (TPSA) is 12.0 Å². The number of benzene rings is 1. The fourth-order valence-corrected chi connectivity index (χ4v) is 2.04. The van der Waals surface area contributed by atoms with Crippen LogP contribution in [0, 0.1) is 0 Å². The second-order valence-corrected chi connectivity index (χ2v) is 3.94. The Balaban J connectivity index is 2.37. The lowest BCUT2D eigenvalue weighted by molar-refractivity contribution is 0.317. The summed E-state index contributed by atoms with van der Waals surface area (Å²) in [6, 6.07) is 6.31. The highest BCUT2D eigenvalue weighted by Gasteiger charge is 2.26. The van der Waals surface area contributed by atoms with Crippen LogP contribution in [-0.4, -0.2) is 12.7 Å². The van der Waals surface area contributed by atoms with Crippen molar-refractivity contribution < 1.29 is 4.39 Å². The minimum Gasteiger partial charge on any atom is -0.384 e. The number of halogens is 1. The van der Waals surface area contributed by atoms with Gasteiger partial charge in [0.05, 0.1) is 0 Å².